The number of hydrogen-bond acceptors (Lipinski definition) is 3. The highest BCUT2D eigenvalue weighted by Crippen LogP contribution is 2.34. The Bertz CT molecular complexity index is 1020. The molecule has 4 rings (SSSR count). The molecule has 0 aliphatic rings. The van der Waals surface area contributed by atoms with E-state index in [1.165, 1.54) is 15.6 Å². The summed E-state index contributed by atoms with van der Waals surface area (Å²) in [7, 11) is 0. The van der Waals surface area contributed by atoms with Crippen LogP contribution in [0, 0.1) is 0 Å². The Hall–Kier alpha value is -2.98. The lowest BCUT2D eigenvalue weighted by molar-refractivity contribution is 0.0951. The Morgan fingerprint density at radius 1 is 1.04 bits per heavy atom. The number of pyridine rings is 1. The molecule has 0 fully saturated rings. The van der Waals surface area contributed by atoms with Crippen LogP contribution in [0.5, 0.6) is 0 Å². The molecule has 0 aliphatic heterocycles. The van der Waals surface area contributed by atoms with Crippen molar-refractivity contribution >= 4 is 27.3 Å². The molecule has 25 heavy (non-hydrogen) atoms. The van der Waals surface area contributed by atoms with E-state index in [0.717, 1.165) is 11.1 Å². The molecule has 3 nitrogen and oxygen atoms in total. The number of carbonyl (C=O) groups is 1. The third-order valence-electron chi connectivity index (χ3n) is 4.09. The van der Waals surface area contributed by atoms with Gasteiger partial charge in [0.25, 0.3) is 5.91 Å². The van der Waals surface area contributed by atoms with E-state index in [1.54, 1.807) is 23.7 Å². The molecule has 2 aromatic carbocycles. The van der Waals surface area contributed by atoms with Crippen LogP contribution in [0.25, 0.3) is 21.2 Å². The number of fused-ring (bicyclic) bond motifs is 1. The first-order valence-electron chi connectivity index (χ1n) is 8.05. The van der Waals surface area contributed by atoms with Crippen LogP contribution in [0.2, 0.25) is 0 Å². The van der Waals surface area contributed by atoms with Crippen LogP contribution in [-0.4, -0.2) is 10.9 Å². The highest BCUT2D eigenvalue weighted by atomic mass is 32.1. The monoisotopic (exact) mass is 344 g/mol. The lowest BCUT2D eigenvalue weighted by atomic mass is 10.0. The maximum atomic E-state index is 12.5. The van der Waals surface area contributed by atoms with Gasteiger partial charge in [-0.2, -0.15) is 0 Å². The smallest absolute Gasteiger partial charge is 0.251 e. The molecule has 4 aromatic rings. The molecule has 0 bridgehead atoms. The van der Waals surface area contributed by atoms with E-state index in [-0.39, 0.29) is 5.91 Å². The van der Waals surface area contributed by atoms with Crippen molar-refractivity contribution in [1.29, 1.82) is 0 Å². The van der Waals surface area contributed by atoms with E-state index in [4.69, 9.17) is 0 Å². The number of nitrogens with one attached hydrogen (secondary N) is 1. The molecule has 1 N–H and O–H groups in total. The number of carbonyl (C=O) groups excluding carboxylic acids is 1. The number of amides is 1. The lowest BCUT2D eigenvalue weighted by Crippen LogP contribution is -2.22. The second kappa shape index (κ2) is 6.87. The van der Waals surface area contributed by atoms with Crippen molar-refractivity contribution in [3.8, 4) is 11.1 Å². The highest BCUT2D eigenvalue weighted by Gasteiger charge is 2.10. The van der Waals surface area contributed by atoms with Gasteiger partial charge in [-0.1, -0.05) is 36.4 Å². The lowest BCUT2D eigenvalue weighted by Gasteiger charge is -2.07. The summed E-state index contributed by atoms with van der Waals surface area (Å²) in [6.07, 6.45) is 3.48. The van der Waals surface area contributed by atoms with Crippen LogP contribution in [-0.2, 0) is 6.54 Å². The third kappa shape index (κ3) is 3.30. The fraction of sp³-hybridized carbons (Fsp3) is 0.0476. The molecule has 0 saturated heterocycles. The number of benzene rings is 2. The van der Waals surface area contributed by atoms with Crippen LogP contribution in [0.15, 0.2) is 78.4 Å². The van der Waals surface area contributed by atoms with Crippen molar-refractivity contribution in [3.63, 3.8) is 0 Å². The number of thiophene rings is 1. The van der Waals surface area contributed by atoms with Gasteiger partial charge in [0.05, 0.1) is 0 Å². The van der Waals surface area contributed by atoms with Gasteiger partial charge < -0.3 is 5.32 Å². The number of rotatable bonds is 4. The van der Waals surface area contributed by atoms with Crippen LogP contribution in [0.1, 0.15) is 15.9 Å². The first-order valence-corrected chi connectivity index (χ1v) is 8.93. The molecule has 0 atom stereocenters. The zero-order valence-electron chi connectivity index (χ0n) is 13.5. The molecule has 0 unspecified atom stereocenters. The van der Waals surface area contributed by atoms with Gasteiger partial charge in [-0.05, 0) is 40.8 Å². The van der Waals surface area contributed by atoms with Gasteiger partial charge in [-0.15, -0.1) is 11.3 Å². The zero-order chi connectivity index (χ0) is 17.1. The summed E-state index contributed by atoms with van der Waals surface area (Å²) in [5.41, 5.74) is 3.88. The minimum absolute atomic E-state index is 0.0785. The summed E-state index contributed by atoms with van der Waals surface area (Å²) in [6.45, 7) is 0.471. The van der Waals surface area contributed by atoms with Crippen molar-refractivity contribution < 1.29 is 4.79 Å². The van der Waals surface area contributed by atoms with Gasteiger partial charge in [-0.25, -0.2) is 0 Å². The molecule has 4 heteroatoms. The molecule has 122 valence electrons. The predicted octanol–water partition coefficient (Wildman–Crippen LogP) is 4.89. The summed E-state index contributed by atoms with van der Waals surface area (Å²) >= 11 is 1.72. The zero-order valence-corrected chi connectivity index (χ0v) is 14.3. The summed E-state index contributed by atoms with van der Waals surface area (Å²) in [6, 6.07) is 19.9. The number of aromatic nitrogens is 1. The summed E-state index contributed by atoms with van der Waals surface area (Å²) in [4.78, 5) is 16.5. The van der Waals surface area contributed by atoms with Crippen molar-refractivity contribution in [1.82, 2.24) is 10.3 Å². The summed E-state index contributed by atoms with van der Waals surface area (Å²) in [5.74, 6) is -0.0785. The Balaban J connectivity index is 1.58. The van der Waals surface area contributed by atoms with E-state index in [1.807, 2.05) is 48.5 Å². The largest absolute Gasteiger partial charge is 0.348 e. The van der Waals surface area contributed by atoms with Gasteiger partial charge >= 0.3 is 0 Å². The van der Waals surface area contributed by atoms with E-state index in [9.17, 15) is 4.79 Å². The van der Waals surface area contributed by atoms with Crippen LogP contribution in [0.4, 0.5) is 0 Å². The minimum Gasteiger partial charge on any atom is -0.348 e. The molecule has 0 spiro atoms. The Kier molecular flexibility index (Phi) is 4.27. The number of hydrogen-bond donors (Lipinski definition) is 1. The van der Waals surface area contributed by atoms with E-state index < -0.39 is 0 Å². The molecular formula is C21H16N2OS. The first-order chi connectivity index (χ1) is 12.3. The van der Waals surface area contributed by atoms with Crippen molar-refractivity contribution in [2.75, 3.05) is 0 Å². The molecule has 2 heterocycles. The fourth-order valence-electron chi connectivity index (χ4n) is 2.82. The Morgan fingerprint density at radius 3 is 2.84 bits per heavy atom. The topological polar surface area (TPSA) is 42.0 Å². The molecule has 0 saturated carbocycles. The van der Waals surface area contributed by atoms with Gasteiger partial charge in [-0.3, -0.25) is 9.78 Å². The maximum absolute atomic E-state index is 12.5. The molecule has 0 radical (unpaired) electrons. The van der Waals surface area contributed by atoms with Crippen LogP contribution >= 0.6 is 11.3 Å². The Morgan fingerprint density at radius 2 is 1.96 bits per heavy atom. The highest BCUT2D eigenvalue weighted by molar-refractivity contribution is 7.17. The van der Waals surface area contributed by atoms with Crippen molar-refractivity contribution in [2.45, 2.75) is 6.54 Å². The molecule has 1 amide bonds. The number of nitrogens with zero attached hydrogens (tertiary/aromatic N) is 1. The predicted molar refractivity (Wildman–Crippen MR) is 103 cm³/mol. The van der Waals surface area contributed by atoms with Crippen molar-refractivity contribution in [2.24, 2.45) is 0 Å². The summed E-state index contributed by atoms with van der Waals surface area (Å²) in [5, 5.41) is 6.32. The average molecular weight is 344 g/mol. The first kappa shape index (κ1) is 15.5. The quantitative estimate of drug-likeness (QED) is 0.572. The second-order valence-electron chi connectivity index (χ2n) is 5.77. The van der Waals surface area contributed by atoms with Gasteiger partial charge in [0.15, 0.2) is 0 Å². The normalized spacial score (nSPS) is 10.7. The standard InChI is InChI=1S/C21H16N2OS/c24-21(23-13-15-5-4-10-22-12-15)17-7-3-6-16(11-17)19-14-25-20-9-2-1-8-18(19)20/h1-12,14H,13H2,(H,23,24). The molecular weight excluding hydrogens is 328 g/mol. The fourth-order valence-corrected chi connectivity index (χ4v) is 3.79. The second-order valence-corrected chi connectivity index (χ2v) is 6.68. The minimum atomic E-state index is -0.0785. The van der Waals surface area contributed by atoms with Crippen molar-refractivity contribution in [3.05, 3.63) is 89.6 Å². The Labute approximate surface area is 150 Å². The van der Waals surface area contributed by atoms with E-state index in [0.29, 0.717) is 12.1 Å². The third-order valence-corrected chi connectivity index (χ3v) is 5.06. The van der Waals surface area contributed by atoms with E-state index in [2.05, 4.69) is 27.8 Å². The molecule has 2 aromatic heterocycles. The summed E-state index contributed by atoms with van der Waals surface area (Å²) < 4.78 is 1.25. The van der Waals surface area contributed by atoms with Crippen LogP contribution < -0.4 is 5.32 Å². The maximum Gasteiger partial charge on any atom is 0.251 e. The van der Waals surface area contributed by atoms with Gasteiger partial charge in [0.2, 0.25) is 0 Å². The van der Waals surface area contributed by atoms with Gasteiger partial charge in [0.1, 0.15) is 0 Å². The van der Waals surface area contributed by atoms with E-state index >= 15 is 0 Å². The molecule has 0 aliphatic carbocycles. The van der Waals surface area contributed by atoms with Crippen LogP contribution in [0.3, 0.4) is 0 Å². The van der Waals surface area contributed by atoms with Gasteiger partial charge in [0, 0.05) is 40.2 Å². The average Bonchev–Trinajstić information content (AvgIpc) is 3.11. The SMILES string of the molecule is O=C(NCc1cccnc1)c1cccc(-c2csc3ccccc23)c1.